The van der Waals surface area contributed by atoms with Crippen molar-refractivity contribution < 1.29 is 18.0 Å². The van der Waals surface area contributed by atoms with E-state index in [4.69, 9.17) is 0 Å². The van der Waals surface area contributed by atoms with E-state index >= 15 is 0 Å². The zero-order valence-electron chi connectivity index (χ0n) is 11.8. The molecule has 112 valence electrons. The molecule has 0 aromatic heterocycles. The quantitative estimate of drug-likeness (QED) is 0.897. The Morgan fingerprint density at radius 3 is 2.45 bits per heavy atom. The Balaban J connectivity index is 3.21. The summed E-state index contributed by atoms with van der Waals surface area (Å²) in [6.45, 7) is 4.76. The molecule has 1 aromatic carbocycles. The summed E-state index contributed by atoms with van der Waals surface area (Å²) in [7, 11) is 1.59. The van der Waals surface area contributed by atoms with Crippen molar-refractivity contribution in [1.29, 1.82) is 0 Å². The van der Waals surface area contributed by atoms with Crippen LogP contribution in [0, 0.1) is 0 Å². The number of carbonyl (C=O) groups is 1. The van der Waals surface area contributed by atoms with Gasteiger partial charge in [0.2, 0.25) is 0 Å². The van der Waals surface area contributed by atoms with Gasteiger partial charge in [-0.25, -0.2) is 0 Å². The molecule has 1 aromatic rings. The van der Waals surface area contributed by atoms with E-state index in [1.54, 1.807) is 7.05 Å². The topological polar surface area (TPSA) is 32.3 Å². The molecule has 0 saturated carbocycles. The first-order valence-electron chi connectivity index (χ1n) is 6.51. The van der Waals surface area contributed by atoms with Gasteiger partial charge in [-0.2, -0.15) is 13.2 Å². The zero-order valence-corrected chi connectivity index (χ0v) is 11.8. The summed E-state index contributed by atoms with van der Waals surface area (Å²) in [5.41, 5.74) is -0.335. The van der Waals surface area contributed by atoms with Crippen molar-refractivity contribution in [1.82, 2.24) is 4.90 Å². The van der Waals surface area contributed by atoms with Gasteiger partial charge in [-0.05, 0) is 31.5 Å². The number of alkyl halides is 3. The lowest BCUT2D eigenvalue weighted by atomic mass is 10.1. The van der Waals surface area contributed by atoms with Gasteiger partial charge in [-0.15, -0.1) is 0 Å². The number of nitrogens with one attached hydrogen (secondary N) is 1. The summed E-state index contributed by atoms with van der Waals surface area (Å²) < 4.78 is 38.3. The molecule has 0 aliphatic heterocycles. The van der Waals surface area contributed by atoms with Crippen molar-refractivity contribution >= 4 is 11.6 Å². The van der Waals surface area contributed by atoms with E-state index in [1.165, 1.54) is 11.0 Å². The molecule has 0 unspecified atom stereocenters. The fraction of sp³-hybridized carbons (Fsp3) is 0.500. The highest BCUT2D eigenvalue weighted by atomic mass is 19.4. The number of rotatable bonds is 5. The van der Waals surface area contributed by atoms with Crippen LogP contribution in [0.5, 0.6) is 0 Å². The van der Waals surface area contributed by atoms with Gasteiger partial charge in [0.15, 0.2) is 0 Å². The molecular formula is C14H19F3N2O. The molecule has 1 rings (SSSR count). The molecule has 0 saturated heterocycles. The molecule has 0 heterocycles. The minimum Gasteiger partial charge on any atom is -0.385 e. The molecular weight excluding hydrogens is 269 g/mol. The summed E-state index contributed by atoms with van der Waals surface area (Å²) in [6.07, 6.45) is -3.71. The van der Waals surface area contributed by atoms with Crippen molar-refractivity contribution in [2.75, 3.05) is 25.5 Å². The van der Waals surface area contributed by atoms with Crippen molar-refractivity contribution in [3.8, 4) is 0 Å². The Morgan fingerprint density at radius 2 is 1.95 bits per heavy atom. The van der Waals surface area contributed by atoms with Gasteiger partial charge >= 0.3 is 6.18 Å². The third kappa shape index (κ3) is 3.88. The molecule has 0 radical (unpaired) electrons. The molecule has 0 bridgehead atoms. The minimum absolute atomic E-state index is 0.0534. The van der Waals surface area contributed by atoms with E-state index < -0.39 is 17.6 Å². The van der Waals surface area contributed by atoms with Gasteiger partial charge in [-0.3, -0.25) is 4.79 Å². The summed E-state index contributed by atoms with van der Waals surface area (Å²) in [4.78, 5) is 13.7. The van der Waals surface area contributed by atoms with Crippen LogP contribution in [0.3, 0.4) is 0 Å². The van der Waals surface area contributed by atoms with E-state index in [1.807, 2.05) is 13.8 Å². The Labute approximate surface area is 116 Å². The van der Waals surface area contributed by atoms with Gasteiger partial charge in [0.25, 0.3) is 5.91 Å². The van der Waals surface area contributed by atoms with Gasteiger partial charge in [0.05, 0.1) is 11.1 Å². The lowest BCUT2D eigenvalue weighted by Gasteiger charge is -2.20. The maximum atomic E-state index is 12.8. The Bertz CT molecular complexity index is 472. The molecule has 0 aliphatic rings. The lowest BCUT2D eigenvalue weighted by Crippen LogP contribution is -2.28. The predicted octanol–water partition coefficient (Wildman–Crippen LogP) is 3.62. The molecule has 0 fully saturated rings. The maximum absolute atomic E-state index is 12.8. The smallest absolute Gasteiger partial charge is 0.385 e. The normalized spacial score (nSPS) is 11.3. The molecule has 1 N–H and O–H groups in total. The second kappa shape index (κ2) is 6.63. The zero-order chi connectivity index (χ0) is 15.3. The molecule has 1 amide bonds. The number of hydrogen-bond acceptors (Lipinski definition) is 2. The van der Waals surface area contributed by atoms with E-state index in [9.17, 15) is 18.0 Å². The van der Waals surface area contributed by atoms with Crippen LogP contribution in [-0.4, -0.2) is 30.9 Å². The van der Waals surface area contributed by atoms with E-state index in [-0.39, 0.29) is 5.56 Å². The van der Waals surface area contributed by atoms with Crippen molar-refractivity contribution in [3.63, 3.8) is 0 Å². The third-order valence-corrected chi connectivity index (χ3v) is 2.85. The Hall–Kier alpha value is -1.72. The predicted molar refractivity (Wildman–Crippen MR) is 72.9 cm³/mol. The number of carbonyl (C=O) groups excluding carboxylic acids is 1. The maximum Gasteiger partial charge on any atom is 0.416 e. The fourth-order valence-electron chi connectivity index (χ4n) is 1.88. The first-order chi connectivity index (χ1) is 9.31. The highest BCUT2D eigenvalue weighted by Crippen LogP contribution is 2.32. The van der Waals surface area contributed by atoms with Gasteiger partial charge < -0.3 is 10.2 Å². The van der Waals surface area contributed by atoms with Gasteiger partial charge in [-0.1, -0.05) is 6.92 Å². The lowest BCUT2D eigenvalue weighted by molar-refractivity contribution is -0.137. The van der Waals surface area contributed by atoms with Crippen molar-refractivity contribution in [2.24, 2.45) is 0 Å². The molecule has 6 heteroatoms. The van der Waals surface area contributed by atoms with Crippen LogP contribution >= 0.6 is 0 Å². The number of amides is 1. The molecule has 0 aliphatic carbocycles. The summed E-state index contributed by atoms with van der Waals surface area (Å²) in [5, 5.41) is 2.92. The van der Waals surface area contributed by atoms with Crippen LogP contribution in [0.1, 0.15) is 36.2 Å². The minimum atomic E-state index is -4.46. The first kappa shape index (κ1) is 16.3. The monoisotopic (exact) mass is 288 g/mol. The Kier molecular flexibility index (Phi) is 5.42. The van der Waals surface area contributed by atoms with E-state index in [0.717, 1.165) is 18.6 Å². The van der Waals surface area contributed by atoms with E-state index in [0.29, 0.717) is 18.8 Å². The van der Waals surface area contributed by atoms with Crippen molar-refractivity contribution in [2.45, 2.75) is 26.4 Å². The largest absolute Gasteiger partial charge is 0.416 e. The summed E-state index contributed by atoms with van der Waals surface area (Å²) in [5.74, 6) is -0.408. The second-order valence-electron chi connectivity index (χ2n) is 4.52. The molecule has 0 atom stereocenters. The number of anilines is 1. The number of halogens is 3. The molecule has 20 heavy (non-hydrogen) atoms. The van der Waals surface area contributed by atoms with Crippen LogP contribution in [0.15, 0.2) is 18.2 Å². The fourth-order valence-corrected chi connectivity index (χ4v) is 1.88. The Morgan fingerprint density at radius 1 is 1.30 bits per heavy atom. The average molecular weight is 288 g/mol. The van der Waals surface area contributed by atoms with Gasteiger partial charge in [0, 0.05) is 25.8 Å². The van der Waals surface area contributed by atoms with Crippen LogP contribution < -0.4 is 5.32 Å². The summed E-state index contributed by atoms with van der Waals surface area (Å²) in [6, 6.07) is 3.19. The van der Waals surface area contributed by atoms with Crippen molar-refractivity contribution in [3.05, 3.63) is 29.3 Å². The van der Waals surface area contributed by atoms with Gasteiger partial charge in [0.1, 0.15) is 0 Å². The number of hydrogen-bond donors (Lipinski definition) is 1. The third-order valence-electron chi connectivity index (χ3n) is 2.85. The van der Waals surface area contributed by atoms with Crippen LogP contribution in [0.4, 0.5) is 18.9 Å². The second-order valence-corrected chi connectivity index (χ2v) is 4.52. The first-order valence-corrected chi connectivity index (χ1v) is 6.51. The van der Waals surface area contributed by atoms with Crippen LogP contribution in [0.25, 0.3) is 0 Å². The van der Waals surface area contributed by atoms with Crippen LogP contribution in [0.2, 0.25) is 0 Å². The van der Waals surface area contributed by atoms with Crippen LogP contribution in [-0.2, 0) is 6.18 Å². The number of benzene rings is 1. The summed E-state index contributed by atoms with van der Waals surface area (Å²) >= 11 is 0. The standard InChI is InChI=1S/C14H19F3N2O/c1-4-8-19(3)13(20)11-9-10(14(15,16)17)6-7-12(11)18-5-2/h6-7,9,18H,4-5,8H2,1-3H3. The molecule has 0 spiro atoms. The average Bonchev–Trinajstić information content (AvgIpc) is 2.37. The molecule has 3 nitrogen and oxygen atoms in total. The number of nitrogens with zero attached hydrogens (tertiary/aromatic N) is 1. The SMILES string of the molecule is CCCN(C)C(=O)c1cc(C(F)(F)F)ccc1NCC. The highest BCUT2D eigenvalue weighted by molar-refractivity contribution is 5.99. The highest BCUT2D eigenvalue weighted by Gasteiger charge is 2.32. The van der Waals surface area contributed by atoms with E-state index in [2.05, 4.69) is 5.32 Å².